The van der Waals surface area contributed by atoms with Crippen molar-refractivity contribution < 1.29 is 9.59 Å². The monoisotopic (exact) mass is 156 g/mol. The average molecular weight is 156 g/mol. The van der Waals surface area contributed by atoms with Crippen LogP contribution in [0.2, 0.25) is 0 Å². The molecule has 11 heavy (non-hydrogen) atoms. The first-order chi connectivity index (χ1) is 5.16. The summed E-state index contributed by atoms with van der Waals surface area (Å²) in [6, 6.07) is 0. The minimum Gasteiger partial charge on any atom is -0.366 e. The maximum atomic E-state index is 10.7. The van der Waals surface area contributed by atoms with Gasteiger partial charge in [0.2, 0.25) is 11.8 Å². The van der Waals surface area contributed by atoms with Gasteiger partial charge < -0.3 is 11.1 Å². The zero-order chi connectivity index (χ0) is 8.69. The molecule has 0 aromatic rings. The Morgan fingerprint density at radius 2 is 2.09 bits per heavy atom. The Morgan fingerprint density at radius 1 is 1.45 bits per heavy atom. The average Bonchev–Trinajstić information content (AvgIpc) is 1.97. The third-order valence-electron chi connectivity index (χ3n) is 0.948. The molecule has 0 aromatic carbocycles. The van der Waals surface area contributed by atoms with E-state index in [9.17, 15) is 9.59 Å². The Balaban J connectivity index is 3.60. The van der Waals surface area contributed by atoms with E-state index in [1.54, 1.807) is 0 Å². The molecule has 3 N–H and O–H groups in total. The Kier molecular flexibility index (Phi) is 4.81. The highest BCUT2D eigenvalue weighted by Crippen LogP contribution is 1.74. The number of amides is 2. The SMILES string of the molecule is CCCNC(=O)C=CC(N)=O. The van der Waals surface area contributed by atoms with Gasteiger partial charge in [-0.05, 0) is 6.42 Å². The molecule has 0 heterocycles. The van der Waals surface area contributed by atoms with Crippen molar-refractivity contribution >= 4 is 11.8 Å². The Hall–Kier alpha value is -1.32. The molecule has 0 aromatic heterocycles. The van der Waals surface area contributed by atoms with Crippen molar-refractivity contribution in [1.82, 2.24) is 5.32 Å². The molecule has 0 aliphatic carbocycles. The van der Waals surface area contributed by atoms with E-state index in [4.69, 9.17) is 5.73 Å². The van der Waals surface area contributed by atoms with Crippen LogP contribution in [0.1, 0.15) is 13.3 Å². The molecule has 0 saturated carbocycles. The highest BCUT2D eigenvalue weighted by atomic mass is 16.2. The maximum Gasteiger partial charge on any atom is 0.244 e. The lowest BCUT2D eigenvalue weighted by Gasteiger charge is -1.95. The smallest absolute Gasteiger partial charge is 0.244 e. The number of primary amides is 1. The second-order valence-corrected chi connectivity index (χ2v) is 2.03. The number of rotatable bonds is 4. The molecular weight excluding hydrogens is 144 g/mol. The lowest BCUT2D eigenvalue weighted by molar-refractivity contribution is -0.117. The quantitative estimate of drug-likeness (QED) is 0.541. The summed E-state index contributed by atoms with van der Waals surface area (Å²) in [5.41, 5.74) is 4.76. The van der Waals surface area contributed by atoms with Crippen molar-refractivity contribution in [2.24, 2.45) is 5.73 Å². The van der Waals surface area contributed by atoms with Crippen LogP contribution >= 0.6 is 0 Å². The van der Waals surface area contributed by atoms with Crippen molar-refractivity contribution in [1.29, 1.82) is 0 Å². The molecule has 0 rings (SSSR count). The molecule has 2 amide bonds. The summed E-state index contributed by atoms with van der Waals surface area (Å²) in [7, 11) is 0. The molecule has 62 valence electrons. The predicted octanol–water partition coefficient (Wildman–Crippen LogP) is -0.446. The van der Waals surface area contributed by atoms with Gasteiger partial charge in [0.25, 0.3) is 0 Å². The summed E-state index contributed by atoms with van der Waals surface area (Å²) in [5, 5.41) is 2.55. The van der Waals surface area contributed by atoms with Gasteiger partial charge in [0.1, 0.15) is 0 Å². The first-order valence-electron chi connectivity index (χ1n) is 3.42. The van der Waals surface area contributed by atoms with Gasteiger partial charge in [-0.2, -0.15) is 0 Å². The van der Waals surface area contributed by atoms with Crippen LogP contribution < -0.4 is 11.1 Å². The topological polar surface area (TPSA) is 72.2 Å². The summed E-state index contributed by atoms with van der Waals surface area (Å²) >= 11 is 0. The number of carbonyl (C=O) groups is 2. The number of hydrogen-bond acceptors (Lipinski definition) is 2. The van der Waals surface area contributed by atoms with Gasteiger partial charge in [0.05, 0.1) is 0 Å². The standard InChI is InChI=1S/C7H12N2O2/c1-2-5-9-7(11)4-3-6(8)10/h3-4H,2,5H2,1H3,(H2,8,10)(H,9,11). The van der Waals surface area contributed by atoms with Gasteiger partial charge in [-0.3, -0.25) is 9.59 Å². The number of nitrogens with two attached hydrogens (primary N) is 1. The largest absolute Gasteiger partial charge is 0.366 e. The van der Waals surface area contributed by atoms with E-state index in [1.165, 1.54) is 0 Å². The summed E-state index contributed by atoms with van der Waals surface area (Å²) in [6.45, 7) is 2.56. The normalized spacial score (nSPS) is 9.91. The van der Waals surface area contributed by atoms with Crippen molar-refractivity contribution in [3.63, 3.8) is 0 Å². The van der Waals surface area contributed by atoms with Crippen LogP contribution in [0, 0.1) is 0 Å². The van der Waals surface area contributed by atoms with Crippen molar-refractivity contribution in [2.45, 2.75) is 13.3 Å². The second-order valence-electron chi connectivity index (χ2n) is 2.03. The van der Waals surface area contributed by atoms with Crippen LogP contribution in [-0.4, -0.2) is 18.4 Å². The third kappa shape index (κ3) is 6.57. The van der Waals surface area contributed by atoms with Gasteiger partial charge >= 0.3 is 0 Å². The highest BCUT2D eigenvalue weighted by Gasteiger charge is 1.92. The van der Waals surface area contributed by atoms with Gasteiger partial charge in [-0.25, -0.2) is 0 Å². The van der Waals surface area contributed by atoms with Crippen molar-refractivity contribution in [3.8, 4) is 0 Å². The summed E-state index contributed by atoms with van der Waals surface area (Å²) in [6.07, 6.45) is 3.03. The van der Waals surface area contributed by atoms with Crippen LogP contribution in [0.25, 0.3) is 0 Å². The van der Waals surface area contributed by atoms with Gasteiger partial charge in [0, 0.05) is 18.7 Å². The predicted molar refractivity (Wildman–Crippen MR) is 41.6 cm³/mol. The molecule has 0 aliphatic heterocycles. The molecule has 0 atom stereocenters. The summed E-state index contributed by atoms with van der Waals surface area (Å²) in [5.74, 6) is -0.901. The molecule has 0 aliphatic rings. The lowest BCUT2D eigenvalue weighted by atomic mass is 10.4. The van der Waals surface area contributed by atoms with Crippen molar-refractivity contribution in [3.05, 3.63) is 12.2 Å². The zero-order valence-corrected chi connectivity index (χ0v) is 6.46. The lowest BCUT2D eigenvalue weighted by Crippen LogP contribution is -2.22. The second kappa shape index (κ2) is 5.46. The fourth-order valence-corrected chi connectivity index (χ4v) is 0.465. The van der Waals surface area contributed by atoms with Crippen LogP contribution in [0.5, 0.6) is 0 Å². The summed E-state index contributed by atoms with van der Waals surface area (Å²) in [4.78, 5) is 20.8. The fraction of sp³-hybridized carbons (Fsp3) is 0.429. The molecule has 0 fully saturated rings. The maximum absolute atomic E-state index is 10.7. The molecule has 4 heteroatoms. The first kappa shape index (κ1) is 9.68. The van der Waals surface area contributed by atoms with E-state index in [0.29, 0.717) is 6.54 Å². The minimum absolute atomic E-state index is 0.286. The highest BCUT2D eigenvalue weighted by molar-refractivity contribution is 5.95. The van der Waals surface area contributed by atoms with Crippen LogP contribution in [0.15, 0.2) is 12.2 Å². The summed E-state index contributed by atoms with van der Waals surface area (Å²) < 4.78 is 0. The van der Waals surface area contributed by atoms with E-state index in [1.807, 2.05) is 6.92 Å². The van der Waals surface area contributed by atoms with Gasteiger partial charge in [0.15, 0.2) is 0 Å². The van der Waals surface area contributed by atoms with Gasteiger partial charge in [-0.15, -0.1) is 0 Å². The fourth-order valence-electron chi connectivity index (χ4n) is 0.465. The van der Waals surface area contributed by atoms with Crippen LogP contribution in [0.3, 0.4) is 0 Å². The Morgan fingerprint density at radius 3 is 2.55 bits per heavy atom. The molecule has 0 bridgehead atoms. The van der Waals surface area contributed by atoms with Crippen LogP contribution in [0.4, 0.5) is 0 Å². The van der Waals surface area contributed by atoms with Crippen LogP contribution in [-0.2, 0) is 9.59 Å². The molecule has 0 radical (unpaired) electrons. The molecular formula is C7H12N2O2. The van der Waals surface area contributed by atoms with Gasteiger partial charge in [-0.1, -0.05) is 6.92 Å². The first-order valence-corrected chi connectivity index (χ1v) is 3.42. The zero-order valence-electron chi connectivity index (χ0n) is 6.46. The van der Waals surface area contributed by atoms with E-state index in [2.05, 4.69) is 5.32 Å². The van der Waals surface area contributed by atoms with E-state index in [0.717, 1.165) is 18.6 Å². The van der Waals surface area contributed by atoms with Crippen molar-refractivity contribution in [2.75, 3.05) is 6.54 Å². The third-order valence-corrected chi connectivity index (χ3v) is 0.948. The van der Waals surface area contributed by atoms with E-state index in [-0.39, 0.29) is 5.91 Å². The minimum atomic E-state index is -0.614. The van der Waals surface area contributed by atoms with E-state index < -0.39 is 5.91 Å². The molecule has 0 saturated heterocycles. The number of nitrogens with one attached hydrogen (secondary N) is 1. The number of hydrogen-bond donors (Lipinski definition) is 2. The Labute approximate surface area is 65.5 Å². The van der Waals surface area contributed by atoms with E-state index >= 15 is 0 Å². The molecule has 0 spiro atoms. The number of carbonyl (C=O) groups excluding carboxylic acids is 2. The Bertz CT molecular complexity index is 175. The molecule has 4 nitrogen and oxygen atoms in total. The molecule has 0 unspecified atom stereocenters.